The molecule has 1 unspecified atom stereocenters. The molecule has 3 aromatic heterocycles. The number of aromatic nitrogens is 4. The van der Waals surface area contributed by atoms with Gasteiger partial charge in [-0.1, -0.05) is 13.3 Å². The second kappa shape index (κ2) is 6.69. The lowest BCUT2D eigenvalue weighted by Crippen LogP contribution is -2.14. The summed E-state index contributed by atoms with van der Waals surface area (Å²) in [6.07, 6.45) is -1.55. The van der Waals surface area contributed by atoms with Gasteiger partial charge >= 0.3 is 6.18 Å². The summed E-state index contributed by atoms with van der Waals surface area (Å²) in [5.41, 5.74) is -0.832. The van der Waals surface area contributed by atoms with Gasteiger partial charge in [-0.2, -0.15) is 13.2 Å². The van der Waals surface area contributed by atoms with Gasteiger partial charge in [-0.05, 0) is 12.5 Å². The van der Waals surface area contributed by atoms with Crippen LogP contribution in [0.25, 0.3) is 16.3 Å². The number of thiazole rings is 1. The topological polar surface area (TPSA) is 66.1 Å². The predicted molar refractivity (Wildman–Crippen MR) is 85.3 cm³/mol. The molecule has 0 aliphatic carbocycles. The molecular weight excluding hydrogens is 361 g/mol. The molecule has 128 valence electrons. The Morgan fingerprint density at radius 3 is 2.75 bits per heavy atom. The van der Waals surface area contributed by atoms with Crippen LogP contribution in [0.15, 0.2) is 28.7 Å². The van der Waals surface area contributed by atoms with Gasteiger partial charge in [0.25, 0.3) is 5.03 Å². The molecule has 3 aromatic rings. The maximum atomic E-state index is 13.4. The lowest BCUT2D eigenvalue weighted by molar-refractivity contribution is -0.142. The summed E-state index contributed by atoms with van der Waals surface area (Å²) in [6, 6.07) is 2.26. The Balaban J connectivity index is 2.12. The Morgan fingerprint density at radius 2 is 2.12 bits per heavy atom. The van der Waals surface area contributed by atoms with Crippen molar-refractivity contribution in [2.45, 2.75) is 31.0 Å². The molecule has 24 heavy (non-hydrogen) atoms. The average Bonchev–Trinajstić information content (AvgIpc) is 3.19. The van der Waals surface area contributed by atoms with Gasteiger partial charge in [0, 0.05) is 22.8 Å². The molecule has 0 radical (unpaired) electrons. The van der Waals surface area contributed by atoms with Crippen LogP contribution in [0.4, 0.5) is 13.2 Å². The van der Waals surface area contributed by atoms with Crippen molar-refractivity contribution in [2.24, 2.45) is 0 Å². The molecule has 0 N–H and O–H groups in total. The molecule has 0 aliphatic rings. The van der Waals surface area contributed by atoms with Gasteiger partial charge < -0.3 is 4.55 Å². The predicted octanol–water partition coefficient (Wildman–Crippen LogP) is 3.78. The first-order chi connectivity index (χ1) is 11.4. The van der Waals surface area contributed by atoms with Crippen LogP contribution in [0, 0.1) is 0 Å². The number of nitrogens with zero attached hydrogens (tertiary/aromatic N) is 4. The zero-order valence-electron chi connectivity index (χ0n) is 12.6. The van der Waals surface area contributed by atoms with E-state index in [1.54, 1.807) is 5.38 Å². The van der Waals surface area contributed by atoms with Crippen molar-refractivity contribution in [1.29, 1.82) is 0 Å². The van der Waals surface area contributed by atoms with E-state index in [0.29, 0.717) is 21.7 Å². The SMILES string of the molecule is CCCC[S+]([O-])c1cc2nc(-c3nccs3)cc(C(F)(F)F)n2n1. The normalized spacial score (nSPS) is 13.5. The smallest absolute Gasteiger partial charge is 0.433 e. The van der Waals surface area contributed by atoms with E-state index in [0.717, 1.165) is 12.5 Å². The zero-order chi connectivity index (χ0) is 17.3. The highest BCUT2D eigenvalue weighted by atomic mass is 32.2. The Hall–Kier alpha value is -1.65. The van der Waals surface area contributed by atoms with Crippen molar-refractivity contribution >= 4 is 28.2 Å². The van der Waals surface area contributed by atoms with Gasteiger partial charge in [0.2, 0.25) is 0 Å². The van der Waals surface area contributed by atoms with E-state index in [9.17, 15) is 17.7 Å². The Kier molecular flexibility index (Phi) is 4.79. The summed E-state index contributed by atoms with van der Waals surface area (Å²) >= 11 is -0.249. The van der Waals surface area contributed by atoms with E-state index < -0.39 is 23.0 Å². The van der Waals surface area contributed by atoms with Crippen molar-refractivity contribution in [3.8, 4) is 10.7 Å². The summed E-state index contributed by atoms with van der Waals surface area (Å²) in [5, 5.41) is 6.03. The maximum Gasteiger partial charge on any atom is 0.433 e. The molecule has 0 amide bonds. The lowest BCUT2D eigenvalue weighted by atomic mass is 10.3. The molecule has 3 heterocycles. The van der Waals surface area contributed by atoms with Crippen LogP contribution in [0.3, 0.4) is 0 Å². The van der Waals surface area contributed by atoms with Gasteiger partial charge in [-0.3, -0.25) is 0 Å². The lowest BCUT2D eigenvalue weighted by Gasteiger charge is -2.09. The van der Waals surface area contributed by atoms with Crippen LogP contribution in [0.1, 0.15) is 25.5 Å². The maximum absolute atomic E-state index is 13.4. The van der Waals surface area contributed by atoms with E-state index in [2.05, 4.69) is 15.1 Å². The van der Waals surface area contributed by atoms with Crippen LogP contribution in [0.5, 0.6) is 0 Å². The molecule has 5 nitrogen and oxygen atoms in total. The van der Waals surface area contributed by atoms with Gasteiger partial charge in [0.15, 0.2) is 11.3 Å². The molecule has 0 fully saturated rings. The summed E-state index contributed by atoms with van der Waals surface area (Å²) < 4.78 is 53.0. The summed E-state index contributed by atoms with van der Waals surface area (Å²) in [4.78, 5) is 8.19. The van der Waals surface area contributed by atoms with E-state index in [-0.39, 0.29) is 16.4 Å². The largest absolute Gasteiger partial charge is 0.610 e. The molecule has 0 saturated carbocycles. The number of rotatable bonds is 5. The first-order valence-corrected chi connectivity index (χ1v) is 9.36. The fourth-order valence-electron chi connectivity index (χ4n) is 2.11. The minimum atomic E-state index is -4.61. The van der Waals surface area contributed by atoms with Crippen LogP contribution in [-0.4, -0.2) is 29.9 Å². The number of unbranched alkanes of at least 4 members (excludes halogenated alkanes) is 1. The minimum Gasteiger partial charge on any atom is -0.610 e. The highest BCUT2D eigenvalue weighted by Crippen LogP contribution is 2.33. The Morgan fingerprint density at radius 1 is 1.33 bits per heavy atom. The Labute approximate surface area is 142 Å². The number of alkyl halides is 3. The summed E-state index contributed by atoms with van der Waals surface area (Å²) in [5.74, 6) is 0.362. The van der Waals surface area contributed by atoms with Gasteiger partial charge in [-0.15, -0.1) is 16.4 Å². The highest BCUT2D eigenvalue weighted by molar-refractivity contribution is 7.91. The van der Waals surface area contributed by atoms with Gasteiger partial charge in [0.05, 0.1) is 6.07 Å². The fourth-order valence-corrected chi connectivity index (χ4v) is 3.87. The Bertz CT molecular complexity index is 833. The van der Waals surface area contributed by atoms with Crippen molar-refractivity contribution in [2.75, 3.05) is 5.75 Å². The van der Waals surface area contributed by atoms with Crippen molar-refractivity contribution < 1.29 is 17.7 Å². The van der Waals surface area contributed by atoms with Crippen molar-refractivity contribution in [3.05, 3.63) is 29.4 Å². The van der Waals surface area contributed by atoms with Gasteiger partial charge in [0.1, 0.15) is 16.5 Å². The van der Waals surface area contributed by atoms with Crippen LogP contribution in [0.2, 0.25) is 0 Å². The second-order valence-corrected chi connectivity index (χ2v) is 7.43. The molecule has 0 spiro atoms. The standard InChI is InChI=1S/C14H13F3N4OS2/c1-2-3-6-24(22)12-8-11-19-9(13-18-4-5-23-13)7-10(14(15,16)17)21(11)20-12/h4-5,7-8H,2-3,6H2,1H3. The van der Waals surface area contributed by atoms with E-state index in [4.69, 9.17) is 0 Å². The molecule has 0 bridgehead atoms. The molecule has 0 saturated heterocycles. The molecular formula is C14H13F3N4OS2. The van der Waals surface area contributed by atoms with Gasteiger partial charge in [-0.25, -0.2) is 14.5 Å². The monoisotopic (exact) mass is 374 g/mol. The van der Waals surface area contributed by atoms with Crippen LogP contribution >= 0.6 is 11.3 Å². The number of fused-ring (bicyclic) bond motifs is 1. The molecule has 1 atom stereocenters. The quantitative estimate of drug-likeness (QED) is 0.638. The third kappa shape index (κ3) is 3.40. The highest BCUT2D eigenvalue weighted by Gasteiger charge is 2.36. The van der Waals surface area contributed by atoms with E-state index in [1.807, 2.05) is 6.92 Å². The number of hydrogen-bond donors (Lipinski definition) is 0. The third-order valence-corrected chi connectivity index (χ3v) is 5.38. The minimum absolute atomic E-state index is 0.00914. The van der Waals surface area contributed by atoms with Crippen LogP contribution < -0.4 is 0 Å². The molecule has 10 heteroatoms. The van der Waals surface area contributed by atoms with Crippen LogP contribution in [-0.2, 0) is 17.4 Å². The summed E-state index contributed by atoms with van der Waals surface area (Å²) in [7, 11) is 0. The first-order valence-electron chi connectivity index (χ1n) is 7.16. The molecule has 3 rings (SSSR count). The first kappa shape index (κ1) is 17.2. The average molecular weight is 374 g/mol. The number of hydrogen-bond acceptors (Lipinski definition) is 5. The van der Waals surface area contributed by atoms with Crippen molar-refractivity contribution in [3.63, 3.8) is 0 Å². The second-order valence-electron chi connectivity index (χ2n) is 5.02. The van der Waals surface area contributed by atoms with E-state index >= 15 is 0 Å². The van der Waals surface area contributed by atoms with E-state index in [1.165, 1.54) is 23.6 Å². The number of halogens is 3. The molecule has 0 aliphatic heterocycles. The molecule has 0 aromatic carbocycles. The summed E-state index contributed by atoms with van der Waals surface area (Å²) in [6.45, 7) is 1.95. The zero-order valence-corrected chi connectivity index (χ0v) is 14.2. The third-order valence-electron chi connectivity index (χ3n) is 3.26. The van der Waals surface area contributed by atoms with Crippen molar-refractivity contribution in [1.82, 2.24) is 19.6 Å². The fraction of sp³-hybridized carbons (Fsp3) is 0.357.